The molecule has 0 amide bonds. The highest BCUT2D eigenvalue weighted by molar-refractivity contribution is 5.69. The number of hydrogen-bond donors (Lipinski definition) is 1. The van der Waals surface area contributed by atoms with Crippen LogP contribution in [0.4, 0.5) is 0 Å². The van der Waals surface area contributed by atoms with Crippen LogP contribution in [-0.2, 0) is 9.53 Å². The quantitative estimate of drug-likeness (QED) is 0.728. The lowest BCUT2D eigenvalue weighted by Gasteiger charge is -2.36. The fraction of sp³-hybridized carbons (Fsp3) is 0.917. The predicted octanol–water partition coefficient (Wildman–Crippen LogP) is 2.02. The first kappa shape index (κ1) is 10.9. The second-order valence-electron chi connectivity index (χ2n) is 5.33. The van der Waals surface area contributed by atoms with Gasteiger partial charge in [-0.05, 0) is 43.9 Å². The van der Waals surface area contributed by atoms with E-state index < -0.39 is 5.60 Å². The summed E-state index contributed by atoms with van der Waals surface area (Å²) in [6.07, 6.45) is 7.54. The van der Waals surface area contributed by atoms with E-state index in [1.807, 2.05) is 0 Å². The monoisotopic (exact) mass is 212 g/mol. The summed E-state index contributed by atoms with van der Waals surface area (Å²) in [6, 6.07) is 0. The number of aliphatic hydroxyl groups is 1. The molecule has 0 spiro atoms. The highest BCUT2D eigenvalue weighted by Gasteiger charge is 2.49. The lowest BCUT2D eigenvalue weighted by molar-refractivity contribution is -0.141. The summed E-state index contributed by atoms with van der Waals surface area (Å²) in [6.45, 7) is 0. The minimum atomic E-state index is -0.408. The zero-order valence-corrected chi connectivity index (χ0v) is 9.42. The van der Waals surface area contributed by atoms with Gasteiger partial charge in [-0.15, -0.1) is 0 Å². The molecule has 0 heterocycles. The predicted molar refractivity (Wildman–Crippen MR) is 56.3 cm³/mol. The van der Waals surface area contributed by atoms with Crippen molar-refractivity contribution in [2.75, 3.05) is 7.11 Å². The molecule has 3 nitrogen and oxygen atoms in total. The molecule has 2 bridgehead atoms. The summed E-state index contributed by atoms with van der Waals surface area (Å²) in [5, 5.41) is 10.2. The molecule has 0 aromatic carbocycles. The third-order valence-electron chi connectivity index (χ3n) is 4.26. The standard InChI is InChI=1S/C12H20O3/c1-15-10(13)3-6-11-4-2-5-12(14,9-11)8-7-11/h14H,2-9H2,1H3. The van der Waals surface area contributed by atoms with Gasteiger partial charge in [0, 0.05) is 6.42 Å². The van der Waals surface area contributed by atoms with Crippen LogP contribution < -0.4 is 0 Å². The van der Waals surface area contributed by atoms with Crippen LogP contribution in [0.3, 0.4) is 0 Å². The molecule has 2 rings (SSSR count). The Balaban J connectivity index is 1.93. The van der Waals surface area contributed by atoms with Crippen molar-refractivity contribution in [2.24, 2.45) is 5.41 Å². The number of rotatable bonds is 3. The maximum Gasteiger partial charge on any atom is 0.305 e. The van der Waals surface area contributed by atoms with E-state index in [1.165, 1.54) is 13.5 Å². The lowest BCUT2D eigenvalue weighted by Crippen LogP contribution is -2.32. The Labute approximate surface area is 90.8 Å². The van der Waals surface area contributed by atoms with E-state index in [-0.39, 0.29) is 11.4 Å². The Morgan fingerprint density at radius 3 is 2.87 bits per heavy atom. The van der Waals surface area contributed by atoms with E-state index in [1.54, 1.807) is 0 Å². The second kappa shape index (κ2) is 3.78. The molecule has 0 aromatic heterocycles. The van der Waals surface area contributed by atoms with Crippen molar-refractivity contribution < 1.29 is 14.6 Å². The first-order valence-electron chi connectivity index (χ1n) is 5.87. The first-order chi connectivity index (χ1) is 7.08. The van der Waals surface area contributed by atoms with E-state index in [0.717, 1.165) is 38.5 Å². The molecule has 15 heavy (non-hydrogen) atoms. The molecule has 0 aromatic rings. The average Bonchev–Trinajstić information content (AvgIpc) is 2.46. The molecule has 86 valence electrons. The summed E-state index contributed by atoms with van der Waals surface area (Å²) in [4.78, 5) is 11.1. The number of methoxy groups -OCH3 is 1. The third kappa shape index (κ3) is 2.17. The Kier molecular flexibility index (Phi) is 2.75. The van der Waals surface area contributed by atoms with Crippen LogP contribution in [0.2, 0.25) is 0 Å². The number of ether oxygens (including phenoxy) is 1. The van der Waals surface area contributed by atoms with Crippen LogP contribution in [0.25, 0.3) is 0 Å². The molecule has 2 aliphatic rings. The van der Waals surface area contributed by atoms with Crippen molar-refractivity contribution in [1.29, 1.82) is 0 Å². The number of carbonyl (C=O) groups excluding carboxylic acids is 1. The summed E-state index contributed by atoms with van der Waals surface area (Å²) < 4.78 is 4.67. The van der Waals surface area contributed by atoms with Gasteiger partial charge in [0.25, 0.3) is 0 Å². The Hall–Kier alpha value is -0.570. The summed E-state index contributed by atoms with van der Waals surface area (Å²) in [5.41, 5.74) is -0.171. The fourth-order valence-electron chi connectivity index (χ4n) is 3.40. The molecule has 2 fully saturated rings. The average molecular weight is 212 g/mol. The minimum Gasteiger partial charge on any atom is -0.469 e. The molecule has 2 unspecified atom stereocenters. The van der Waals surface area contributed by atoms with Gasteiger partial charge in [-0.25, -0.2) is 0 Å². The van der Waals surface area contributed by atoms with Gasteiger partial charge in [0.15, 0.2) is 0 Å². The van der Waals surface area contributed by atoms with Crippen molar-refractivity contribution in [3.63, 3.8) is 0 Å². The summed E-state index contributed by atoms with van der Waals surface area (Å²) >= 11 is 0. The molecule has 2 saturated carbocycles. The summed E-state index contributed by atoms with van der Waals surface area (Å²) in [7, 11) is 1.44. The van der Waals surface area contributed by atoms with E-state index in [9.17, 15) is 9.90 Å². The van der Waals surface area contributed by atoms with Gasteiger partial charge in [-0.3, -0.25) is 4.79 Å². The van der Waals surface area contributed by atoms with Crippen molar-refractivity contribution in [2.45, 2.75) is 57.0 Å². The van der Waals surface area contributed by atoms with Crippen LogP contribution >= 0.6 is 0 Å². The fourth-order valence-corrected chi connectivity index (χ4v) is 3.40. The van der Waals surface area contributed by atoms with Gasteiger partial charge >= 0.3 is 5.97 Å². The molecule has 3 heteroatoms. The normalized spacial score (nSPS) is 39.1. The maximum absolute atomic E-state index is 11.1. The van der Waals surface area contributed by atoms with Gasteiger partial charge in [0.1, 0.15) is 0 Å². The third-order valence-corrected chi connectivity index (χ3v) is 4.26. The van der Waals surface area contributed by atoms with Gasteiger partial charge in [-0.1, -0.05) is 6.42 Å². The van der Waals surface area contributed by atoms with Crippen LogP contribution in [0.1, 0.15) is 51.4 Å². The number of fused-ring (bicyclic) bond motifs is 2. The molecular formula is C12H20O3. The largest absolute Gasteiger partial charge is 0.469 e. The number of esters is 1. The van der Waals surface area contributed by atoms with Crippen LogP contribution in [0.5, 0.6) is 0 Å². The zero-order valence-electron chi connectivity index (χ0n) is 9.42. The highest BCUT2D eigenvalue weighted by Crippen LogP contribution is 2.55. The lowest BCUT2D eigenvalue weighted by atomic mass is 9.71. The van der Waals surface area contributed by atoms with Crippen LogP contribution in [0, 0.1) is 5.41 Å². The van der Waals surface area contributed by atoms with Crippen molar-refractivity contribution in [3.05, 3.63) is 0 Å². The van der Waals surface area contributed by atoms with Crippen molar-refractivity contribution in [3.8, 4) is 0 Å². The molecule has 2 aliphatic carbocycles. The van der Waals surface area contributed by atoms with Gasteiger partial charge in [0.2, 0.25) is 0 Å². The number of hydrogen-bond acceptors (Lipinski definition) is 3. The summed E-state index contributed by atoms with van der Waals surface area (Å²) in [5.74, 6) is -0.120. The van der Waals surface area contributed by atoms with E-state index in [0.29, 0.717) is 6.42 Å². The maximum atomic E-state index is 11.1. The molecule has 2 atom stereocenters. The van der Waals surface area contributed by atoms with Crippen molar-refractivity contribution >= 4 is 5.97 Å². The SMILES string of the molecule is COC(=O)CCC12CCCC(O)(CC1)C2. The first-order valence-corrected chi connectivity index (χ1v) is 5.87. The van der Waals surface area contributed by atoms with Crippen LogP contribution in [0.15, 0.2) is 0 Å². The topological polar surface area (TPSA) is 46.5 Å². The van der Waals surface area contributed by atoms with E-state index >= 15 is 0 Å². The zero-order chi connectivity index (χ0) is 10.9. The van der Waals surface area contributed by atoms with E-state index in [4.69, 9.17) is 0 Å². The molecule has 0 radical (unpaired) electrons. The molecule has 1 N–H and O–H groups in total. The Morgan fingerprint density at radius 2 is 2.13 bits per heavy atom. The molecule has 0 saturated heterocycles. The Morgan fingerprint density at radius 1 is 1.33 bits per heavy atom. The van der Waals surface area contributed by atoms with E-state index in [2.05, 4.69) is 4.74 Å². The minimum absolute atomic E-state index is 0.120. The number of carbonyl (C=O) groups is 1. The smallest absolute Gasteiger partial charge is 0.305 e. The van der Waals surface area contributed by atoms with Crippen LogP contribution in [-0.4, -0.2) is 23.8 Å². The Bertz CT molecular complexity index is 264. The second-order valence-corrected chi connectivity index (χ2v) is 5.33. The van der Waals surface area contributed by atoms with Gasteiger partial charge < -0.3 is 9.84 Å². The molecule has 0 aliphatic heterocycles. The van der Waals surface area contributed by atoms with Gasteiger partial charge in [-0.2, -0.15) is 0 Å². The van der Waals surface area contributed by atoms with Crippen molar-refractivity contribution in [1.82, 2.24) is 0 Å². The molecular weight excluding hydrogens is 192 g/mol. The van der Waals surface area contributed by atoms with Gasteiger partial charge in [0.05, 0.1) is 12.7 Å². The highest BCUT2D eigenvalue weighted by atomic mass is 16.5.